The lowest BCUT2D eigenvalue weighted by Crippen LogP contribution is -2.25. The minimum absolute atomic E-state index is 0.233. The van der Waals surface area contributed by atoms with Crippen molar-refractivity contribution in [3.63, 3.8) is 0 Å². The van der Waals surface area contributed by atoms with Crippen LogP contribution in [0.15, 0.2) is 29.0 Å². The second kappa shape index (κ2) is 5.18. The van der Waals surface area contributed by atoms with E-state index in [9.17, 15) is 4.79 Å². The van der Waals surface area contributed by atoms with E-state index in [0.29, 0.717) is 23.6 Å². The van der Waals surface area contributed by atoms with Crippen LogP contribution < -0.4 is 11.1 Å². The van der Waals surface area contributed by atoms with Crippen molar-refractivity contribution >= 4 is 27.5 Å². The molecule has 1 aromatic heterocycles. The van der Waals surface area contributed by atoms with E-state index in [1.807, 2.05) is 7.05 Å². The Kier molecular flexibility index (Phi) is 3.61. The second-order valence-corrected chi connectivity index (χ2v) is 4.69. The van der Waals surface area contributed by atoms with Crippen molar-refractivity contribution in [1.29, 1.82) is 0 Å². The number of rotatable bonds is 3. The molecule has 0 spiro atoms. The summed E-state index contributed by atoms with van der Waals surface area (Å²) >= 11 is 3.29. The lowest BCUT2D eigenvalue weighted by molar-refractivity contribution is 0.0950. The van der Waals surface area contributed by atoms with Gasteiger partial charge in [-0.05, 0) is 18.2 Å². The Labute approximate surface area is 112 Å². The number of amides is 1. The topological polar surface area (TPSA) is 85.8 Å². The molecule has 0 saturated heterocycles. The van der Waals surface area contributed by atoms with Crippen LogP contribution in [-0.2, 0) is 13.6 Å². The number of halogens is 1. The largest absolute Gasteiger partial charge is 0.398 e. The van der Waals surface area contributed by atoms with Gasteiger partial charge in [-0.15, -0.1) is 10.2 Å². The van der Waals surface area contributed by atoms with Crippen molar-refractivity contribution in [2.24, 2.45) is 7.05 Å². The van der Waals surface area contributed by atoms with Gasteiger partial charge in [0.2, 0.25) is 0 Å². The van der Waals surface area contributed by atoms with E-state index in [4.69, 9.17) is 5.73 Å². The van der Waals surface area contributed by atoms with Crippen molar-refractivity contribution < 1.29 is 4.79 Å². The highest BCUT2D eigenvalue weighted by Crippen LogP contribution is 2.18. The maximum Gasteiger partial charge on any atom is 0.253 e. The second-order valence-electron chi connectivity index (χ2n) is 3.77. The van der Waals surface area contributed by atoms with Gasteiger partial charge in [-0.1, -0.05) is 15.9 Å². The Morgan fingerprint density at radius 3 is 2.94 bits per heavy atom. The molecule has 1 amide bonds. The van der Waals surface area contributed by atoms with Crippen LogP contribution in [0.4, 0.5) is 5.69 Å². The maximum absolute atomic E-state index is 11.9. The number of nitrogens with zero attached hydrogens (tertiary/aromatic N) is 3. The van der Waals surface area contributed by atoms with Crippen LogP contribution in [0.2, 0.25) is 0 Å². The third-order valence-corrected chi connectivity index (χ3v) is 2.96. The van der Waals surface area contributed by atoms with Gasteiger partial charge in [0.1, 0.15) is 6.33 Å². The molecule has 2 rings (SSSR count). The van der Waals surface area contributed by atoms with Crippen molar-refractivity contribution in [2.75, 3.05) is 5.73 Å². The van der Waals surface area contributed by atoms with Crippen LogP contribution in [0.25, 0.3) is 0 Å². The SMILES string of the molecule is Cn1cnnc1CNC(=O)c1ccc(Br)cc1N. The third-order valence-electron chi connectivity index (χ3n) is 2.47. The van der Waals surface area contributed by atoms with Crippen molar-refractivity contribution in [1.82, 2.24) is 20.1 Å². The fourth-order valence-corrected chi connectivity index (χ4v) is 1.84. The first kappa shape index (κ1) is 12.6. The standard InChI is InChI=1S/C11H12BrN5O/c1-17-6-15-16-10(17)5-14-11(18)8-3-2-7(12)4-9(8)13/h2-4,6H,5,13H2,1H3,(H,14,18). The molecule has 0 aliphatic carbocycles. The molecule has 6 nitrogen and oxygen atoms in total. The van der Waals surface area contributed by atoms with Crippen LogP contribution in [0.1, 0.15) is 16.2 Å². The van der Waals surface area contributed by atoms with Gasteiger partial charge in [0.25, 0.3) is 5.91 Å². The monoisotopic (exact) mass is 309 g/mol. The van der Waals surface area contributed by atoms with Gasteiger partial charge in [-0.25, -0.2) is 0 Å². The lowest BCUT2D eigenvalue weighted by Gasteiger charge is -2.07. The molecule has 7 heteroatoms. The lowest BCUT2D eigenvalue weighted by atomic mass is 10.1. The predicted molar refractivity (Wildman–Crippen MR) is 70.7 cm³/mol. The van der Waals surface area contributed by atoms with E-state index < -0.39 is 0 Å². The van der Waals surface area contributed by atoms with Crippen molar-refractivity contribution in [3.05, 3.63) is 40.4 Å². The number of nitrogens with two attached hydrogens (primary N) is 1. The molecule has 1 aromatic carbocycles. The molecular formula is C11H12BrN5O. The molecule has 0 saturated carbocycles. The Bertz CT molecular complexity index is 581. The van der Waals surface area contributed by atoms with E-state index in [-0.39, 0.29) is 5.91 Å². The van der Waals surface area contributed by atoms with Gasteiger partial charge >= 0.3 is 0 Å². The molecule has 1 heterocycles. The Hall–Kier alpha value is -1.89. The molecule has 0 aliphatic heterocycles. The summed E-state index contributed by atoms with van der Waals surface area (Å²) in [7, 11) is 1.81. The number of aromatic nitrogens is 3. The van der Waals surface area contributed by atoms with Crippen molar-refractivity contribution in [2.45, 2.75) is 6.54 Å². The van der Waals surface area contributed by atoms with E-state index in [0.717, 1.165) is 4.47 Å². The molecule has 0 aliphatic rings. The Morgan fingerprint density at radius 1 is 1.56 bits per heavy atom. The molecule has 18 heavy (non-hydrogen) atoms. The number of carbonyl (C=O) groups excluding carboxylic acids is 1. The average molecular weight is 310 g/mol. The predicted octanol–water partition coefficient (Wildman–Crippen LogP) is 1.09. The van der Waals surface area contributed by atoms with Crippen molar-refractivity contribution in [3.8, 4) is 0 Å². The first-order chi connectivity index (χ1) is 8.58. The molecule has 0 unspecified atom stereocenters. The van der Waals surface area contributed by atoms with Gasteiger partial charge in [-0.2, -0.15) is 0 Å². The summed E-state index contributed by atoms with van der Waals surface area (Å²) in [6, 6.07) is 5.14. The van der Waals surface area contributed by atoms with E-state index in [2.05, 4.69) is 31.4 Å². The highest BCUT2D eigenvalue weighted by atomic mass is 79.9. The van der Waals surface area contributed by atoms with Gasteiger partial charge in [0.05, 0.1) is 12.1 Å². The number of anilines is 1. The highest BCUT2D eigenvalue weighted by Gasteiger charge is 2.10. The first-order valence-electron chi connectivity index (χ1n) is 5.24. The number of nitrogens with one attached hydrogen (secondary N) is 1. The minimum Gasteiger partial charge on any atom is -0.398 e. The Morgan fingerprint density at radius 2 is 2.33 bits per heavy atom. The van der Waals surface area contributed by atoms with Crippen LogP contribution >= 0.6 is 15.9 Å². The first-order valence-corrected chi connectivity index (χ1v) is 6.03. The summed E-state index contributed by atoms with van der Waals surface area (Å²) < 4.78 is 2.58. The highest BCUT2D eigenvalue weighted by molar-refractivity contribution is 9.10. The maximum atomic E-state index is 11.9. The quantitative estimate of drug-likeness (QED) is 0.831. The summed E-state index contributed by atoms with van der Waals surface area (Å²) in [5.74, 6) is 0.446. The Balaban J connectivity index is 2.06. The fourth-order valence-electron chi connectivity index (χ4n) is 1.46. The fraction of sp³-hybridized carbons (Fsp3) is 0.182. The van der Waals surface area contributed by atoms with Crippen LogP contribution in [0, 0.1) is 0 Å². The zero-order valence-corrected chi connectivity index (χ0v) is 11.3. The number of hydrogen-bond acceptors (Lipinski definition) is 4. The summed E-state index contributed by atoms with van der Waals surface area (Å²) in [4.78, 5) is 11.9. The zero-order valence-electron chi connectivity index (χ0n) is 9.72. The van der Waals surface area contributed by atoms with Crippen LogP contribution in [0.3, 0.4) is 0 Å². The smallest absolute Gasteiger partial charge is 0.253 e. The molecular weight excluding hydrogens is 298 g/mol. The molecule has 0 fully saturated rings. The van der Waals surface area contributed by atoms with E-state index in [1.54, 1.807) is 29.1 Å². The van der Waals surface area contributed by atoms with Gasteiger partial charge in [-0.3, -0.25) is 4.79 Å². The average Bonchev–Trinajstić information content (AvgIpc) is 2.72. The third kappa shape index (κ3) is 2.67. The summed E-state index contributed by atoms with van der Waals surface area (Å²) in [5.41, 5.74) is 6.65. The van der Waals surface area contributed by atoms with Gasteiger partial charge in [0, 0.05) is 17.2 Å². The normalized spacial score (nSPS) is 10.3. The number of nitrogen functional groups attached to an aromatic ring is 1. The minimum atomic E-state index is -0.233. The molecule has 2 aromatic rings. The van der Waals surface area contributed by atoms with E-state index in [1.165, 1.54) is 0 Å². The zero-order chi connectivity index (χ0) is 13.1. The molecule has 3 N–H and O–H groups in total. The summed E-state index contributed by atoms with van der Waals surface area (Å²) in [6.45, 7) is 0.310. The molecule has 0 radical (unpaired) electrons. The molecule has 0 atom stereocenters. The summed E-state index contributed by atoms with van der Waals surface area (Å²) in [5, 5.41) is 10.4. The number of carbonyl (C=O) groups is 1. The van der Waals surface area contributed by atoms with Crippen LogP contribution in [0.5, 0.6) is 0 Å². The van der Waals surface area contributed by atoms with Crippen LogP contribution in [-0.4, -0.2) is 20.7 Å². The number of benzene rings is 1. The van der Waals surface area contributed by atoms with Gasteiger partial charge < -0.3 is 15.6 Å². The van der Waals surface area contributed by atoms with Gasteiger partial charge in [0.15, 0.2) is 5.82 Å². The molecule has 0 bridgehead atoms. The summed E-state index contributed by atoms with van der Waals surface area (Å²) in [6.07, 6.45) is 1.58. The molecule has 94 valence electrons. The number of hydrogen-bond donors (Lipinski definition) is 2. The number of aryl methyl sites for hydroxylation is 1. The van der Waals surface area contributed by atoms with E-state index >= 15 is 0 Å².